The van der Waals surface area contributed by atoms with E-state index in [4.69, 9.17) is 9.47 Å². The Morgan fingerprint density at radius 1 is 0.968 bits per heavy atom. The molecule has 1 atom stereocenters. The van der Waals surface area contributed by atoms with Gasteiger partial charge >= 0.3 is 0 Å². The SMILES string of the molecule is COc1ccc(N(CC(=O)NC(C)c2ccc(S(C)(=O)=O)cc2)S(C)(=O)=O)cc1OC. The van der Waals surface area contributed by atoms with Crippen molar-refractivity contribution in [1.29, 1.82) is 0 Å². The van der Waals surface area contributed by atoms with Gasteiger partial charge < -0.3 is 14.8 Å². The number of nitrogens with one attached hydrogen (secondary N) is 1. The molecule has 1 N–H and O–H groups in total. The van der Waals surface area contributed by atoms with E-state index in [9.17, 15) is 21.6 Å². The Kier molecular flexibility index (Phi) is 7.55. The smallest absolute Gasteiger partial charge is 0.241 e. The zero-order valence-electron chi connectivity index (χ0n) is 17.9. The Hall–Kier alpha value is -2.79. The molecule has 11 heteroatoms. The summed E-state index contributed by atoms with van der Waals surface area (Å²) in [4.78, 5) is 12.8. The second kappa shape index (κ2) is 9.56. The normalized spacial score (nSPS) is 12.7. The molecule has 2 aromatic carbocycles. The number of amides is 1. The summed E-state index contributed by atoms with van der Waals surface area (Å²) in [5, 5.41) is 2.73. The second-order valence-corrected chi connectivity index (χ2v) is 10.9. The molecular formula is C20H26N2O7S2. The van der Waals surface area contributed by atoms with Gasteiger partial charge in [-0.3, -0.25) is 9.10 Å². The van der Waals surface area contributed by atoms with E-state index in [0.717, 1.165) is 16.8 Å². The van der Waals surface area contributed by atoms with E-state index in [-0.39, 0.29) is 10.6 Å². The lowest BCUT2D eigenvalue weighted by molar-refractivity contribution is -0.120. The van der Waals surface area contributed by atoms with Crippen LogP contribution in [0.5, 0.6) is 11.5 Å². The van der Waals surface area contributed by atoms with Gasteiger partial charge in [-0.25, -0.2) is 16.8 Å². The maximum atomic E-state index is 12.6. The van der Waals surface area contributed by atoms with Gasteiger partial charge in [-0.05, 0) is 36.8 Å². The number of anilines is 1. The van der Waals surface area contributed by atoms with Crippen molar-refractivity contribution in [2.45, 2.75) is 17.9 Å². The van der Waals surface area contributed by atoms with Crippen LogP contribution < -0.4 is 19.1 Å². The lowest BCUT2D eigenvalue weighted by atomic mass is 10.1. The minimum atomic E-state index is -3.77. The van der Waals surface area contributed by atoms with Gasteiger partial charge in [0.2, 0.25) is 15.9 Å². The summed E-state index contributed by atoms with van der Waals surface area (Å²) in [5.74, 6) is 0.226. The molecule has 0 aliphatic heterocycles. The third kappa shape index (κ3) is 6.34. The molecule has 0 saturated carbocycles. The Morgan fingerprint density at radius 2 is 1.55 bits per heavy atom. The standard InChI is InChI=1S/C20H26N2O7S2/c1-14(15-6-9-17(10-7-15)30(4,24)25)21-20(23)13-22(31(5,26)27)16-8-11-18(28-2)19(12-16)29-3/h6-12,14H,13H2,1-5H3,(H,21,23). The van der Waals surface area contributed by atoms with E-state index >= 15 is 0 Å². The number of carbonyl (C=O) groups is 1. The van der Waals surface area contributed by atoms with E-state index in [1.165, 1.54) is 38.5 Å². The number of ether oxygens (including phenoxy) is 2. The predicted molar refractivity (Wildman–Crippen MR) is 118 cm³/mol. The van der Waals surface area contributed by atoms with Gasteiger partial charge in [-0.1, -0.05) is 12.1 Å². The highest BCUT2D eigenvalue weighted by Crippen LogP contribution is 2.32. The minimum Gasteiger partial charge on any atom is -0.493 e. The van der Waals surface area contributed by atoms with Crippen molar-refractivity contribution in [3.05, 3.63) is 48.0 Å². The highest BCUT2D eigenvalue weighted by atomic mass is 32.2. The fourth-order valence-electron chi connectivity index (χ4n) is 2.88. The van der Waals surface area contributed by atoms with Crippen LogP contribution >= 0.6 is 0 Å². The fraction of sp³-hybridized carbons (Fsp3) is 0.350. The number of sulfonamides is 1. The van der Waals surface area contributed by atoms with Crippen LogP contribution in [0.3, 0.4) is 0 Å². The van der Waals surface area contributed by atoms with Gasteiger partial charge in [0, 0.05) is 12.3 Å². The molecule has 31 heavy (non-hydrogen) atoms. The van der Waals surface area contributed by atoms with Crippen LogP contribution in [0, 0.1) is 0 Å². The van der Waals surface area contributed by atoms with Crippen LogP contribution in [0.4, 0.5) is 5.69 Å². The van der Waals surface area contributed by atoms with E-state index in [1.54, 1.807) is 25.1 Å². The first-order valence-corrected chi connectivity index (χ1v) is 12.9. The zero-order chi connectivity index (χ0) is 23.4. The molecule has 0 heterocycles. The summed E-state index contributed by atoms with van der Waals surface area (Å²) in [5.41, 5.74) is 0.929. The number of carbonyl (C=O) groups excluding carboxylic acids is 1. The Balaban J connectivity index is 2.20. The van der Waals surface area contributed by atoms with E-state index in [1.807, 2.05) is 0 Å². The van der Waals surface area contributed by atoms with Crippen LogP contribution in [-0.4, -0.2) is 56.0 Å². The second-order valence-electron chi connectivity index (χ2n) is 6.94. The molecule has 0 saturated heterocycles. The fourth-order valence-corrected chi connectivity index (χ4v) is 4.36. The quantitative estimate of drug-likeness (QED) is 0.593. The third-order valence-electron chi connectivity index (χ3n) is 4.53. The molecule has 2 aromatic rings. The number of nitrogens with zero attached hydrogens (tertiary/aromatic N) is 1. The molecule has 0 radical (unpaired) electrons. The van der Waals surface area contributed by atoms with Crippen LogP contribution in [0.1, 0.15) is 18.5 Å². The van der Waals surface area contributed by atoms with Gasteiger partial charge in [0.25, 0.3) is 0 Å². The number of rotatable bonds is 9. The topological polar surface area (TPSA) is 119 Å². The number of hydrogen-bond acceptors (Lipinski definition) is 7. The van der Waals surface area contributed by atoms with Crippen molar-refractivity contribution in [3.63, 3.8) is 0 Å². The van der Waals surface area contributed by atoms with Gasteiger partial charge in [0.15, 0.2) is 21.3 Å². The summed E-state index contributed by atoms with van der Waals surface area (Å²) in [7, 11) is -4.20. The van der Waals surface area contributed by atoms with Crippen LogP contribution in [0.2, 0.25) is 0 Å². The minimum absolute atomic E-state index is 0.173. The molecule has 170 valence electrons. The van der Waals surface area contributed by atoms with Crippen LogP contribution in [0.25, 0.3) is 0 Å². The van der Waals surface area contributed by atoms with E-state index in [0.29, 0.717) is 17.1 Å². The molecule has 2 rings (SSSR count). The van der Waals surface area contributed by atoms with Crippen molar-refractivity contribution in [3.8, 4) is 11.5 Å². The van der Waals surface area contributed by atoms with Gasteiger partial charge in [-0.15, -0.1) is 0 Å². The van der Waals surface area contributed by atoms with E-state index in [2.05, 4.69) is 5.32 Å². The summed E-state index contributed by atoms with van der Waals surface area (Å²) in [6.07, 6.45) is 2.12. The van der Waals surface area contributed by atoms with Crippen molar-refractivity contribution < 1.29 is 31.1 Å². The summed E-state index contributed by atoms with van der Waals surface area (Å²) < 4.78 is 59.1. The number of sulfone groups is 1. The summed E-state index contributed by atoms with van der Waals surface area (Å²) in [6.45, 7) is 1.27. The molecular weight excluding hydrogens is 444 g/mol. The molecule has 0 aromatic heterocycles. The third-order valence-corrected chi connectivity index (χ3v) is 6.80. The first-order chi connectivity index (χ1) is 14.4. The molecule has 1 amide bonds. The number of benzene rings is 2. The summed E-state index contributed by atoms with van der Waals surface area (Å²) >= 11 is 0. The Morgan fingerprint density at radius 3 is 2.03 bits per heavy atom. The van der Waals surface area contributed by atoms with Gasteiger partial charge in [0.1, 0.15) is 6.54 Å². The van der Waals surface area contributed by atoms with E-state index < -0.39 is 38.4 Å². The average molecular weight is 471 g/mol. The van der Waals surface area contributed by atoms with Crippen molar-refractivity contribution in [2.24, 2.45) is 0 Å². The molecule has 0 spiro atoms. The van der Waals surface area contributed by atoms with Crippen LogP contribution in [-0.2, 0) is 24.7 Å². The zero-order valence-corrected chi connectivity index (χ0v) is 19.6. The molecule has 1 unspecified atom stereocenters. The molecule has 9 nitrogen and oxygen atoms in total. The Labute approximate surface area is 182 Å². The van der Waals surface area contributed by atoms with Crippen LogP contribution in [0.15, 0.2) is 47.4 Å². The highest BCUT2D eigenvalue weighted by molar-refractivity contribution is 7.92. The monoisotopic (exact) mass is 470 g/mol. The largest absolute Gasteiger partial charge is 0.493 e. The lowest BCUT2D eigenvalue weighted by Gasteiger charge is -2.24. The van der Waals surface area contributed by atoms with Gasteiger partial charge in [0.05, 0.1) is 37.1 Å². The first-order valence-electron chi connectivity index (χ1n) is 9.16. The lowest BCUT2D eigenvalue weighted by Crippen LogP contribution is -2.41. The average Bonchev–Trinajstić information content (AvgIpc) is 2.70. The van der Waals surface area contributed by atoms with Crippen molar-refractivity contribution in [2.75, 3.05) is 37.6 Å². The van der Waals surface area contributed by atoms with Gasteiger partial charge in [-0.2, -0.15) is 0 Å². The molecule has 0 aliphatic rings. The summed E-state index contributed by atoms with van der Waals surface area (Å²) in [6, 6.07) is 10.2. The molecule has 0 fully saturated rings. The predicted octanol–water partition coefficient (Wildman–Crippen LogP) is 1.75. The molecule has 0 bridgehead atoms. The maximum Gasteiger partial charge on any atom is 0.241 e. The number of hydrogen-bond donors (Lipinski definition) is 1. The highest BCUT2D eigenvalue weighted by Gasteiger charge is 2.23. The molecule has 0 aliphatic carbocycles. The Bertz CT molecular complexity index is 1140. The first kappa shape index (κ1) is 24.5. The van der Waals surface area contributed by atoms with Crippen molar-refractivity contribution >= 4 is 31.5 Å². The van der Waals surface area contributed by atoms with Crippen molar-refractivity contribution in [1.82, 2.24) is 5.32 Å². The maximum absolute atomic E-state index is 12.6. The number of methoxy groups -OCH3 is 2.